The summed E-state index contributed by atoms with van der Waals surface area (Å²) in [5, 5.41) is 5.48. The maximum Gasteiger partial charge on any atom is 0.323 e. The second-order valence-corrected chi connectivity index (χ2v) is 4.75. The fourth-order valence-corrected chi connectivity index (χ4v) is 1.63. The highest BCUT2D eigenvalue weighted by Crippen LogP contribution is 2.16. The van der Waals surface area contributed by atoms with Crippen LogP contribution in [0.15, 0.2) is 0 Å². The summed E-state index contributed by atoms with van der Waals surface area (Å²) < 4.78 is 5.53. The molecule has 8 nitrogen and oxygen atoms in total. The lowest BCUT2D eigenvalue weighted by atomic mass is 10.4. The Kier molecular flexibility index (Phi) is 6.64. The van der Waals surface area contributed by atoms with E-state index in [0.717, 1.165) is 6.42 Å². The third kappa shape index (κ3) is 5.41. The van der Waals surface area contributed by atoms with Gasteiger partial charge in [-0.1, -0.05) is 6.92 Å². The Morgan fingerprint density at radius 1 is 1.29 bits per heavy atom. The van der Waals surface area contributed by atoms with Gasteiger partial charge in [0, 0.05) is 20.6 Å². The Hall–Kier alpha value is -2.12. The number of rotatable bonds is 8. The highest BCUT2D eigenvalue weighted by molar-refractivity contribution is 5.80. The summed E-state index contributed by atoms with van der Waals surface area (Å²) in [7, 11) is 3.33. The fourth-order valence-electron chi connectivity index (χ4n) is 1.63. The van der Waals surface area contributed by atoms with Gasteiger partial charge in [0.25, 0.3) is 0 Å². The first-order valence-corrected chi connectivity index (χ1v) is 7.06. The Balaban J connectivity index is 3.07. The molecule has 118 valence electrons. The van der Waals surface area contributed by atoms with E-state index < -0.39 is 0 Å². The van der Waals surface area contributed by atoms with Crippen molar-refractivity contribution < 1.29 is 9.53 Å². The van der Waals surface area contributed by atoms with Crippen LogP contribution >= 0.6 is 0 Å². The van der Waals surface area contributed by atoms with E-state index in [9.17, 15) is 4.79 Å². The predicted molar refractivity (Wildman–Crippen MR) is 81.7 cm³/mol. The Bertz CT molecular complexity index is 466. The fraction of sp³-hybridized carbons (Fsp3) is 0.692. The number of carbonyl (C=O) groups is 1. The van der Waals surface area contributed by atoms with Crippen molar-refractivity contribution in [2.45, 2.75) is 33.3 Å². The van der Waals surface area contributed by atoms with E-state index in [2.05, 4.69) is 25.6 Å². The van der Waals surface area contributed by atoms with Gasteiger partial charge < -0.3 is 20.3 Å². The van der Waals surface area contributed by atoms with Gasteiger partial charge in [-0.2, -0.15) is 15.0 Å². The first-order chi connectivity index (χ1) is 9.99. The minimum atomic E-state index is -0.0961. The zero-order valence-corrected chi connectivity index (χ0v) is 13.3. The molecular formula is C13H24N6O2. The summed E-state index contributed by atoms with van der Waals surface area (Å²) in [5.74, 6) is 0.741. The molecule has 1 heterocycles. The van der Waals surface area contributed by atoms with Crippen LogP contribution in [0.3, 0.4) is 0 Å². The molecule has 0 radical (unpaired) electrons. The van der Waals surface area contributed by atoms with Crippen LogP contribution < -0.4 is 20.3 Å². The summed E-state index contributed by atoms with van der Waals surface area (Å²) in [6, 6.07) is 0.248. The average molecular weight is 296 g/mol. The largest absolute Gasteiger partial charge is 0.461 e. The van der Waals surface area contributed by atoms with Crippen LogP contribution in [0.25, 0.3) is 0 Å². The van der Waals surface area contributed by atoms with Crippen molar-refractivity contribution in [2.75, 3.05) is 37.4 Å². The number of amides is 1. The Morgan fingerprint density at radius 2 is 2.00 bits per heavy atom. The van der Waals surface area contributed by atoms with E-state index in [0.29, 0.717) is 18.4 Å². The van der Waals surface area contributed by atoms with Crippen molar-refractivity contribution in [1.29, 1.82) is 0 Å². The molecule has 0 atom stereocenters. The Labute approximate surface area is 125 Å². The van der Waals surface area contributed by atoms with Gasteiger partial charge in [-0.25, -0.2) is 0 Å². The molecule has 0 fully saturated rings. The van der Waals surface area contributed by atoms with E-state index in [1.165, 1.54) is 0 Å². The van der Waals surface area contributed by atoms with Gasteiger partial charge in [0.05, 0.1) is 12.6 Å². The molecule has 0 saturated carbocycles. The topological polar surface area (TPSA) is 92.3 Å². The average Bonchev–Trinajstić information content (AvgIpc) is 2.45. The molecule has 0 unspecified atom stereocenters. The highest BCUT2D eigenvalue weighted by atomic mass is 16.5. The second kappa shape index (κ2) is 8.23. The molecule has 1 aromatic heterocycles. The minimum absolute atomic E-state index is 0.0384. The molecule has 1 aromatic rings. The summed E-state index contributed by atoms with van der Waals surface area (Å²) >= 11 is 0. The molecule has 0 aliphatic rings. The van der Waals surface area contributed by atoms with Crippen molar-refractivity contribution in [3.8, 4) is 6.01 Å². The van der Waals surface area contributed by atoms with Gasteiger partial charge in [-0.3, -0.25) is 4.79 Å². The van der Waals surface area contributed by atoms with Crippen molar-refractivity contribution in [2.24, 2.45) is 0 Å². The molecule has 0 spiro atoms. The quantitative estimate of drug-likeness (QED) is 0.728. The van der Waals surface area contributed by atoms with Crippen LogP contribution in [0.1, 0.15) is 27.2 Å². The summed E-state index contributed by atoms with van der Waals surface area (Å²) in [4.78, 5) is 26.2. The van der Waals surface area contributed by atoms with E-state index >= 15 is 0 Å². The smallest absolute Gasteiger partial charge is 0.323 e. The second-order valence-electron chi connectivity index (χ2n) is 4.75. The van der Waals surface area contributed by atoms with Crippen LogP contribution in [0, 0.1) is 0 Å². The maximum absolute atomic E-state index is 11.6. The summed E-state index contributed by atoms with van der Waals surface area (Å²) in [5.41, 5.74) is 0. The van der Waals surface area contributed by atoms with Crippen molar-refractivity contribution in [3.63, 3.8) is 0 Å². The van der Waals surface area contributed by atoms with E-state index in [-0.39, 0.29) is 24.6 Å². The molecule has 2 N–H and O–H groups in total. The number of nitrogens with zero attached hydrogens (tertiary/aromatic N) is 4. The lowest BCUT2D eigenvalue weighted by Gasteiger charge is -2.22. The zero-order valence-electron chi connectivity index (χ0n) is 13.3. The van der Waals surface area contributed by atoms with Crippen LogP contribution in [0.4, 0.5) is 11.9 Å². The highest BCUT2D eigenvalue weighted by Gasteiger charge is 2.16. The lowest BCUT2D eigenvalue weighted by molar-refractivity contribution is -0.119. The first-order valence-electron chi connectivity index (χ1n) is 7.06. The number of aromatic nitrogens is 3. The maximum atomic E-state index is 11.6. The first kappa shape index (κ1) is 16.9. The number of ether oxygens (including phenoxy) is 1. The Morgan fingerprint density at radius 3 is 2.52 bits per heavy atom. The molecule has 0 aromatic carbocycles. The molecule has 0 aliphatic carbocycles. The standard InChI is InChI=1S/C13H24N6O2/c1-6-7-19(8-10(20)14-4)12-16-11(15-5)17-13(18-12)21-9(2)3/h9H,6-8H2,1-5H3,(H,14,20)(H,15,16,17,18). The molecule has 1 rings (SSSR count). The number of likely N-dealkylation sites (N-methyl/N-ethyl adjacent to an activating group) is 1. The number of nitrogens with one attached hydrogen (secondary N) is 2. The third-order valence-corrected chi connectivity index (χ3v) is 2.56. The van der Waals surface area contributed by atoms with E-state index in [4.69, 9.17) is 4.74 Å². The van der Waals surface area contributed by atoms with Crippen LogP contribution in [0.5, 0.6) is 6.01 Å². The van der Waals surface area contributed by atoms with E-state index in [1.807, 2.05) is 20.8 Å². The molecule has 0 saturated heterocycles. The van der Waals surface area contributed by atoms with Crippen LogP contribution in [-0.4, -0.2) is 54.1 Å². The number of hydrogen-bond acceptors (Lipinski definition) is 7. The van der Waals surface area contributed by atoms with Gasteiger partial charge in [-0.05, 0) is 20.3 Å². The molecule has 21 heavy (non-hydrogen) atoms. The van der Waals surface area contributed by atoms with Gasteiger partial charge in [-0.15, -0.1) is 0 Å². The minimum Gasteiger partial charge on any atom is -0.461 e. The SMILES string of the molecule is CCCN(CC(=O)NC)c1nc(NC)nc(OC(C)C)n1. The molecule has 0 bridgehead atoms. The summed E-state index contributed by atoms with van der Waals surface area (Å²) in [6.45, 7) is 6.69. The lowest BCUT2D eigenvalue weighted by Crippen LogP contribution is -2.37. The molecule has 1 amide bonds. The molecular weight excluding hydrogens is 272 g/mol. The number of anilines is 2. The molecule has 0 aliphatic heterocycles. The van der Waals surface area contributed by atoms with Gasteiger partial charge in [0.15, 0.2) is 0 Å². The number of carbonyl (C=O) groups excluding carboxylic acids is 1. The van der Waals surface area contributed by atoms with Crippen molar-refractivity contribution in [3.05, 3.63) is 0 Å². The normalized spacial score (nSPS) is 10.4. The van der Waals surface area contributed by atoms with Crippen LogP contribution in [0.2, 0.25) is 0 Å². The predicted octanol–water partition coefficient (Wildman–Crippen LogP) is 0.663. The van der Waals surface area contributed by atoms with E-state index in [1.54, 1.807) is 19.0 Å². The third-order valence-electron chi connectivity index (χ3n) is 2.56. The van der Waals surface area contributed by atoms with Crippen molar-refractivity contribution >= 4 is 17.8 Å². The number of hydrogen-bond donors (Lipinski definition) is 2. The van der Waals surface area contributed by atoms with Gasteiger partial charge in [0.1, 0.15) is 0 Å². The molecule has 8 heteroatoms. The van der Waals surface area contributed by atoms with Gasteiger partial charge in [0.2, 0.25) is 17.8 Å². The van der Waals surface area contributed by atoms with Gasteiger partial charge >= 0.3 is 6.01 Å². The summed E-state index contributed by atoms with van der Waals surface area (Å²) in [6.07, 6.45) is 0.835. The van der Waals surface area contributed by atoms with Crippen molar-refractivity contribution in [1.82, 2.24) is 20.3 Å². The van der Waals surface area contributed by atoms with Crippen LogP contribution in [-0.2, 0) is 4.79 Å². The zero-order chi connectivity index (χ0) is 15.8. The monoisotopic (exact) mass is 296 g/mol.